The van der Waals surface area contributed by atoms with Crippen LogP contribution in [0.2, 0.25) is 5.54 Å². The first-order chi connectivity index (χ1) is 10.2. The highest BCUT2D eigenvalue weighted by Gasteiger charge is 2.62. The van der Waals surface area contributed by atoms with Gasteiger partial charge in [0.2, 0.25) is 0 Å². The van der Waals surface area contributed by atoms with Crippen LogP contribution in [0.3, 0.4) is 0 Å². The molecule has 0 N–H and O–H groups in total. The summed E-state index contributed by atoms with van der Waals surface area (Å²) in [6.45, 7) is 19.1. The van der Waals surface area contributed by atoms with E-state index in [0.717, 1.165) is 11.8 Å². The van der Waals surface area contributed by atoms with Crippen molar-refractivity contribution in [3.63, 3.8) is 0 Å². The van der Waals surface area contributed by atoms with Crippen LogP contribution in [0.1, 0.15) is 88.0 Å². The van der Waals surface area contributed by atoms with Gasteiger partial charge in [0.25, 0.3) is 0 Å². The van der Waals surface area contributed by atoms with Gasteiger partial charge in [-0.05, 0) is 93.4 Å². The molecule has 3 unspecified atom stereocenters. The van der Waals surface area contributed by atoms with Gasteiger partial charge in [-0.3, -0.25) is 0 Å². The van der Waals surface area contributed by atoms with Gasteiger partial charge in [0.15, 0.2) is 0 Å². The smallest absolute Gasteiger partial charge is 0.368 e. The third kappa shape index (κ3) is 5.28. The lowest BCUT2D eigenvalue weighted by Crippen LogP contribution is -2.60. The van der Waals surface area contributed by atoms with Crippen LogP contribution >= 0.6 is 0 Å². The molecule has 4 heteroatoms. The summed E-state index contributed by atoms with van der Waals surface area (Å²) in [5.41, 5.74) is -0.321. The molecular weight excluding hydrogens is 304 g/mol. The first-order valence-electron chi connectivity index (χ1n) is 9.30. The maximum atomic E-state index is 6.71. The van der Waals surface area contributed by atoms with Crippen LogP contribution in [0.5, 0.6) is 0 Å². The second-order valence-corrected chi connectivity index (χ2v) is 13.1. The van der Waals surface area contributed by atoms with Crippen molar-refractivity contribution in [3.05, 3.63) is 0 Å². The molecule has 0 aromatic rings. The number of hydrogen-bond acceptors (Lipinski definition) is 3. The van der Waals surface area contributed by atoms with Gasteiger partial charge in [-0.1, -0.05) is 6.42 Å². The van der Waals surface area contributed by atoms with Gasteiger partial charge in [0, 0.05) is 5.54 Å². The minimum atomic E-state index is -2.82. The molecule has 0 aromatic carbocycles. The summed E-state index contributed by atoms with van der Waals surface area (Å²) in [7, 11) is -2.82. The largest absolute Gasteiger partial charge is 0.505 e. The molecule has 2 fully saturated rings. The molecule has 0 aromatic heterocycles. The molecule has 2 bridgehead atoms. The second-order valence-electron chi connectivity index (χ2n) is 10.5. The summed E-state index contributed by atoms with van der Waals surface area (Å²) in [5, 5.41) is 0. The van der Waals surface area contributed by atoms with Crippen molar-refractivity contribution in [1.29, 1.82) is 0 Å². The lowest BCUT2D eigenvalue weighted by Gasteiger charge is -2.47. The Morgan fingerprint density at radius 3 is 1.35 bits per heavy atom. The highest BCUT2D eigenvalue weighted by molar-refractivity contribution is 6.63. The molecule has 0 spiro atoms. The summed E-state index contributed by atoms with van der Waals surface area (Å²) in [6, 6.07) is 0. The van der Waals surface area contributed by atoms with E-state index in [0.29, 0.717) is 5.54 Å². The highest BCUT2D eigenvalue weighted by Crippen LogP contribution is 2.57. The minimum Gasteiger partial charge on any atom is -0.368 e. The van der Waals surface area contributed by atoms with E-state index in [9.17, 15) is 0 Å². The van der Waals surface area contributed by atoms with Gasteiger partial charge in [-0.2, -0.15) is 0 Å². The zero-order chi connectivity index (χ0) is 17.7. The molecule has 2 aliphatic carbocycles. The molecule has 2 rings (SSSR count). The Balaban J connectivity index is 2.39. The summed E-state index contributed by atoms with van der Waals surface area (Å²) in [4.78, 5) is 0. The first kappa shape index (κ1) is 19.4. The third-order valence-electron chi connectivity index (χ3n) is 4.54. The normalized spacial score (nSPS) is 29.3. The number of hydrogen-bond donors (Lipinski definition) is 0. The van der Waals surface area contributed by atoms with Gasteiger partial charge in [0.05, 0.1) is 16.8 Å². The Morgan fingerprint density at radius 1 is 0.652 bits per heavy atom. The molecule has 3 atom stereocenters. The monoisotopic (exact) mass is 342 g/mol. The van der Waals surface area contributed by atoms with E-state index in [1.165, 1.54) is 25.7 Å². The van der Waals surface area contributed by atoms with Crippen molar-refractivity contribution < 1.29 is 13.3 Å². The average molecular weight is 343 g/mol. The van der Waals surface area contributed by atoms with Crippen LogP contribution in [0.15, 0.2) is 0 Å². The quantitative estimate of drug-likeness (QED) is 0.626. The molecular formula is C19H38O3Si. The van der Waals surface area contributed by atoms with E-state index in [-0.39, 0.29) is 16.8 Å². The van der Waals surface area contributed by atoms with E-state index in [4.69, 9.17) is 13.3 Å². The summed E-state index contributed by atoms with van der Waals surface area (Å²) in [5.74, 6) is 1.58. The molecule has 2 aliphatic rings. The van der Waals surface area contributed by atoms with Crippen molar-refractivity contribution in [2.75, 3.05) is 0 Å². The van der Waals surface area contributed by atoms with Gasteiger partial charge in [0.1, 0.15) is 0 Å². The lowest BCUT2D eigenvalue weighted by molar-refractivity contribution is -0.0844. The number of rotatable bonds is 4. The van der Waals surface area contributed by atoms with Crippen LogP contribution in [-0.4, -0.2) is 25.6 Å². The molecule has 0 radical (unpaired) electrons. The SMILES string of the molecule is CC(C)(C)O[Si](OC(C)(C)C)(OC(C)(C)C)C1CC2CCC1C2. The van der Waals surface area contributed by atoms with E-state index < -0.39 is 8.80 Å². The Kier molecular flexibility index (Phi) is 5.17. The topological polar surface area (TPSA) is 27.7 Å². The fraction of sp³-hybridized carbons (Fsp3) is 1.00. The highest BCUT2D eigenvalue weighted by atomic mass is 28.4. The lowest BCUT2D eigenvalue weighted by atomic mass is 10.0. The molecule has 2 saturated carbocycles. The van der Waals surface area contributed by atoms with Crippen molar-refractivity contribution in [2.24, 2.45) is 11.8 Å². The molecule has 23 heavy (non-hydrogen) atoms. The van der Waals surface area contributed by atoms with Crippen molar-refractivity contribution >= 4 is 8.80 Å². The number of fused-ring (bicyclic) bond motifs is 2. The van der Waals surface area contributed by atoms with Crippen molar-refractivity contribution in [2.45, 2.75) is 110 Å². The Morgan fingerprint density at radius 2 is 1.09 bits per heavy atom. The molecule has 3 nitrogen and oxygen atoms in total. The summed E-state index contributed by atoms with van der Waals surface area (Å²) in [6.07, 6.45) is 5.26. The van der Waals surface area contributed by atoms with E-state index in [1.54, 1.807) is 0 Å². The van der Waals surface area contributed by atoms with Gasteiger partial charge in [-0.25, -0.2) is 0 Å². The Labute approximate surface area is 144 Å². The maximum absolute atomic E-state index is 6.71. The molecule has 136 valence electrons. The van der Waals surface area contributed by atoms with Crippen LogP contribution in [0.4, 0.5) is 0 Å². The molecule has 0 heterocycles. The average Bonchev–Trinajstić information content (AvgIpc) is 2.81. The van der Waals surface area contributed by atoms with Gasteiger partial charge < -0.3 is 13.3 Å². The van der Waals surface area contributed by atoms with E-state index in [2.05, 4.69) is 62.3 Å². The Bertz CT molecular complexity index is 373. The molecule has 0 saturated heterocycles. The first-order valence-corrected chi connectivity index (χ1v) is 11.1. The molecule has 0 amide bonds. The minimum absolute atomic E-state index is 0.259. The summed E-state index contributed by atoms with van der Waals surface area (Å²) < 4.78 is 20.1. The fourth-order valence-electron chi connectivity index (χ4n) is 4.25. The van der Waals surface area contributed by atoms with Gasteiger partial charge >= 0.3 is 8.80 Å². The van der Waals surface area contributed by atoms with Crippen molar-refractivity contribution in [3.8, 4) is 0 Å². The summed E-state index contributed by atoms with van der Waals surface area (Å²) >= 11 is 0. The van der Waals surface area contributed by atoms with Crippen LogP contribution in [0, 0.1) is 11.8 Å². The zero-order valence-electron chi connectivity index (χ0n) is 16.8. The Hall–Kier alpha value is 0.0969. The van der Waals surface area contributed by atoms with E-state index >= 15 is 0 Å². The van der Waals surface area contributed by atoms with Crippen molar-refractivity contribution in [1.82, 2.24) is 0 Å². The fourth-order valence-corrected chi connectivity index (χ4v) is 8.89. The predicted octanol–water partition coefficient (Wildman–Crippen LogP) is 5.56. The second kappa shape index (κ2) is 6.12. The molecule has 0 aliphatic heterocycles. The van der Waals surface area contributed by atoms with Crippen LogP contribution in [-0.2, 0) is 13.3 Å². The third-order valence-corrected chi connectivity index (χ3v) is 8.84. The maximum Gasteiger partial charge on any atom is 0.505 e. The van der Waals surface area contributed by atoms with Crippen LogP contribution < -0.4 is 0 Å². The van der Waals surface area contributed by atoms with Gasteiger partial charge in [-0.15, -0.1) is 0 Å². The van der Waals surface area contributed by atoms with Crippen LogP contribution in [0.25, 0.3) is 0 Å². The standard InChI is InChI=1S/C19H38O3Si/c1-17(2,3)20-23(21-18(4,5)6,22-19(7,8)9)16-13-14-10-11-15(16)12-14/h14-16H,10-13H2,1-9H3. The predicted molar refractivity (Wildman–Crippen MR) is 97.5 cm³/mol. The van der Waals surface area contributed by atoms with E-state index in [1.807, 2.05) is 0 Å². The zero-order valence-corrected chi connectivity index (χ0v) is 17.8.